The predicted octanol–water partition coefficient (Wildman–Crippen LogP) is 2.15. The van der Waals surface area contributed by atoms with Gasteiger partial charge in [0.2, 0.25) is 0 Å². The lowest BCUT2D eigenvalue weighted by atomic mass is 10.2. The molecule has 0 saturated heterocycles. The smallest absolute Gasteiger partial charge is 0.125 e. The minimum absolute atomic E-state index is 0.430. The molecule has 0 radical (unpaired) electrons. The lowest BCUT2D eigenvalue weighted by Gasteiger charge is -2.02. The van der Waals surface area contributed by atoms with Crippen molar-refractivity contribution in [3.8, 4) is 0 Å². The van der Waals surface area contributed by atoms with Crippen molar-refractivity contribution in [1.29, 1.82) is 0 Å². The predicted molar refractivity (Wildman–Crippen MR) is 47.0 cm³/mol. The molecule has 0 aromatic heterocycles. The zero-order valence-electron chi connectivity index (χ0n) is 7.47. The molecule has 0 aromatic carbocycles. The summed E-state index contributed by atoms with van der Waals surface area (Å²) < 4.78 is 0. The number of hydrogen-bond acceptors (Lipinski definition) is 1. The average Bonchev–Trinajstić information content (AvgIpc) is 1.81. The van der Waals surface area contributed by atoms with Gasteiger partial charge in [-0.15, -0.1) is 0 Å². The van der Waals surface area contributed by atoms with Crippen LogP contribution < -0.4 is 0 Å². The number of rotatable bonds is 1. The second kappa shape index (κ2) is 4.20. The Hall–Kier alpha value is -0.660. The number of amidine groups is 1. The highest BCUT2D eigenvalue weighted by Crippen LogP contribution is 1.98. The third-order valence-electron chi connectivity index (χ3n) is 1.08. The molecule has 0 aromatic rings. The topological polar surface area (TPSA) is 24.7 Å². The van der Waals surface area contributed by atoms with Gasteiger partial charge in [0.15, 0.2) is 0 Å². The summed E-state index contributed by atoms with van der Waals surface area (Å²) in [6.07, 6.45) is 0. The summed E-state index contributed by atoms with van der Waals surface area (Å²) in [6, 6.07) is 0. The molecule has 0 bridgehead atoms. The second-order valence-corrected chi connectivity index (χ2v) is 2.80. The third-order valence-corrected chi connectivity index (χ3v) is 1.08. The highest BCUT2D eigenvalue weighted by atomic mass is 14.9. The molecule has 0 unspecified atom stereocenters. The Bertz CT molecular complexity index is 151. The second-order valence-electron chi connectivity index (χ2n) is 2.80. The van der Waals surface area contributed by atoms with Crippen molar-refractivity contribution in [3.63, 3.8) is 0 Å². The maximum absolute atomic E-state index is 4.26. The van der Waals surface area contributed by atoms with Gasteiger partial charge in [0, 0.05) is 18.7 Å². The molecule has 0 N–H and O–H groups in total. The monoisotopic (exact) mass is 140 g/mol. The van der Waals surface area contributed by atoms with E-state index in [2.05, 4.69) is 23.8 Å². The van der Waals surface area contributed by atoms with E-state index in [1.807, 2.05) is 13.8 Å². The largest absolute Gasteiger partial charge is 0.274 e. The summed E-state index contributed by atoms with van der Waals surface area (Å²) in [5, 5.41) is 0. The van der Waals surface area contributed by atoms with Crippen LogP contribution in [0.25, 0.3) is 0 Å². The van der Waals surface area contributed by atoms with Crippen molar-refractivity contribution in [2.45, 2.75) is 27.7 Å². The van der Waals surface area contributed by atoms with Gasteiger partial charge in [-0.25, -0.2) is 4.99 Å². The van der Waals surface area contributed by atoms with Crippen molar-refractivity contribution in [2.75, 3.05) is 7.05 Å². The normalized spacial score (nSPS) is 12.0. The van der Waals surface area contributed by atoms with E-state index in [0.717, 1.165) is 11.5 Å². The Morgan fingerprint density at radius 1 is 1.20 bits per heavy atom. The molecule has 0 amide bonds. The van der Waals surface area contributed by atoms with Crippen LogP contribution in [0.2, 0.25) is 0 Å². The first-order valence-electron chi connectivity index (χ1n) is 3.56. The summed E-state index contributed by atoms with van der Waals surface area (Å²) in [6.45, 7) is 8.14. The van der Waals surface area contributed by atoms with Crippen LogP contribution in [-0.2, 0) is 0 Å². The highest BCUT2D eigenvalue weighted by molar-refractivity contribution is 5.96. The summed E-state index contributed by atoms with van der Waals surface area (Å²) >= 11 is 0. The summed E-state index contributed by atoms with van der Waals surface area (Å²) in [5.74, 6) is 1.36. The number of aliphatic imine (C=N–C) groups is 2. The van der Waals surface area contributed by atoms with Crippen LogP contribution in [0.15, 0.2) is 9.98 Å². The van der Waals surface area contributed by atoms with E-state index < -0.39 is 0 Å². The van der Waals surface area contributed by atoms with E-state index in [1.54, 1.807) is 7.05 Å². The maximum Gasteiger partial charge on any atom is 0.125 e. The van der Waals surface area contributed by atoms with Crippen LogP contribution in [0.4, 0.5) is 0 Å². The van der Waals surface area contributed by atoms with Crippen molar-refractivity contribution in [3.05, 3.63) is 0 Å². The van der Waals surface area contributed by atoms with E-state index in [4.69, 9.17) is 0 Å². The van der Waals surface area contributed by atoms with Crippen LogP contribution in [0.5, 0.6) is 0 Å². The maximum atomic E-state index is 4.26. The molecular weight excluding hydrogens is 124 g/mol. The SMILES string of the molecule is C/N=C(\N=C(C)C)C(C)C. The minimum atomic E-state index is 0.430. The van der Waals surface area contributed by atoms with Crippen LogP contribution in [-0.4, -0.2) is 18.6 Å². The van der Waals surface area contributed by atoms with E-state index >= 15 is 0 Å². The molecule has 0 aliphatic carbocycles. The third kappa shape index (κ3) is 3.38. The van der Waals surface area contributed by atoms with Gasteiger partial charge in [-0.2, -0.15) is 0 Å². The lowest BCUT2D eigenvalue weighted by molar-refractivity contribution is 0.869. The highest BCUT2D eigenvalue weighted by Gasteiger charge is 1.99. The van der Waals surface area contributed by atoms with Crippen LogP contribution in [0, 0.1) is 5.92 Å². The summed E-state index contributed by atoms with van der Waals surface area (Å²) in [7, 11) is 1.78. The molecule has 0 heterocycles. The van der Waals surface area contributed by atoms with Gasteiger partial charge in [0.05, 0.1) is 0 Å². The molecule has 58 valence electrons. The fourth-order valence-electron chi connectivity index (χ4n) is 0.666. The quantitative estimate of drug-likeness (QED) is 0.394. The first-order chi connectivity index (χ1) is 4.57. The Morgan fingerprint density at radius 3 is 1.80 bits per heavy atom. The van der Waals surface area contributed by atoms with Crippen LogP contribution >= 0.6 is 0 Å². The first kappa shape index (κ1) is 9.34. The molecule has 0 aliphatic rings. The molecule has 2 heteroatoms. The van der Waals surface area contributed by atoms with Gasteiger partial charge in [0.1, 0.15) is 5.84 Å². The van der Waals surface area contributed by atoms with Gasteiger partial charge in [-0.05, 0) is 13.8 Å². The molecule has 0 spiro atoms. The van der Waals surface area contributed by atoms with Gasteiger partial charge < -0.3 is 0 Å². The zero-order valence-corrected chi connectivity index (χ0v) is 7.47. The van der Waals surface area contributed by atoms with Gasteiger partial charge in [-0.1, -0.05) is 13.8 Å². The fraction of sp³-hybridized carbons (Fsp3) is 0.750. The Kier molecular flexibility index (Phi) is 3.93. The van der Waals surface area contributed by atoms with Crippen LogP contribution in [0.3, 0.4) is 0 Å². The summed E-state index contributed by atoms with van der Waals surface area (Å²) in [4.78, 5) is 8.32. The van der Waals surface area contributed by atoms with Gasteiger partial charge in [-0.3, -0.25) is 4.99 Å². The van der Waals surface area contributed by atoms with E-state index in [9.17, 15) is 0 Å². The van der Waals surface area contributed by atoms with Crippen LogP contribution in [0.1, 0.15) is 27.7 Å². The fourth-order valence-corrected chi connectivity index (χ4v) is 0.666. The Morgan fingerprint density at radius 2 is 1.70 bits per heavy atom. The number of nitrogens with zero attached hydrogens (tertiary/aromatic N) is 2. The molecular formula is C8H16N2. The molecule has 0 fully saturated rings. The Balaban J connectivity index is 4.26. The Labute approximate surface area is 63.1 Å². The number of hydrogen-bond donors (Lipinski definition) is 0. The minimum Gasteiger partial charge on any atom is -0.274 e. The van der Waals surface area contributed by atoms with E-state index in [0.29, 0.717) is 5.92 Å². The standard InChI is InChI=1S/C8H16N2/c1-6(2)8(9-5)10-7(3)4/h6H,1-5H3/b9-8-. The van der Waals surface area contributed by atoms with E-state index in [-0.39, 0.29) is 0 Å². The first-order valence-corrected chi connectivity index (χ1v) is 3.56. The lowest BCUT2D eigenvalue weighted by Crippen LogP contribution is -2.05. The molecule has 0 saturated carbocycles. The van der Waals surface area contributed by atoms with Gasteiger partial charge >= 0.3 is 0 Å². The summed E-state index contributed by atoms with van der Waals surface area (Å²) in [5.41, 5.74) is 1.06. The molecule has 0 aliphatic heterocycles. The van der Waals surface area contributed by atoms with E-state index in [1.165, 1.54) is 0 Å². The average molecular weight is 140 g/mol. The molecule has 0 rings (SSSR count). The van der Waals surface area contributed by atoms with Crippen molar-refractivity contribution in [2.24, 2.45) is 15.9 Å². The van der Waals surface area contributed by atoms with Crippen molar-refractivity contribution < 1.29 is 0 Å². The molecule has 2 nitrogen and oxygen atoms in total. The zero-order chi connectivity index (χ0) is 8.15. The van der Waals surface area contributed by atoms with Crippen molar-refractivity contribution >= 4 is 11.5 Å². The van der Waals surface area contributed by atoms with Crippen molar-refractivity contribution in [1.82, 2.24) is 0 Å². The van der Waals surface area contributed by atoms with Gasteiger partial charge in [0.25, 0.3) is 0 Å². The molecule has 0 atom stereocenters. The molecule has 10 heavy (non-hydrogen) atoms.